The number of aromatic hydroxyl groups is 1. The van der Waals surface area contributed by atoms with Gasteiger partial charge in [-0.2, -0.15) is 5.10 Å². The Hall–Kier alpha value is -3.22. The summed E-state index contributed by atoms with van der Waals surface area (Å²) in [5, 5.41) is 16.2. The second-order valence-corrected chi connectivity index (χ2v) is 12.8. The van der Waals surface area contributed by atoms with Gasteiger partial charge in [0.1, 0.15) is 12.4 Å². The van der Waals surface area contributed by atoms with Crippen LogP contribution in [-0.4, -0.2) is 23.8 Å². The third-order valence-corrected chi connectivity index (χ3v) is 7.08. The number of hydrogen-bond acceptors (Lipinski definition) is 5. The highest BCUT2D eigenvalue weighted by Gasteiger charge is 2.26. The van der Waals surface area contributed by atoms with E-state index in [1.54, 1.807) is 30.5 Å². The minimum atomic E-state index is -0.226. The number of phenols is 1. The molecule has 0 fully saturated rings. The average molecular weight is 600 g/mol. The molecule has 0 radical (unpaired) electrons. The summed E-state index contributed by atoms with van der Waals surface area (Å²) in [4.78, 5) is 12.6. The van der Waals surface area contributed by atoms with E-state index in [0.717, 1.165) is 27.8 Å². The Kier molecular flexibility index (Phi) is 10.7. The Morgan fingerprint density at radius 2 is 1.59 bits per heavy atom. The molecule has 220 valence electrons. The van der Waals surface area contributed by atoms with Gasteiger partial charge in [0, 0.05) is 22.0 Å². The van der Waals surface area contributed by atoms with E-state index in [2.05, 4.69) is 52.1 Å². The highest BCUT2D eigenvalue weighted by molar-refractivity contribution is 6.35. The molecule has 0 saturated carbocycles. The van der Waals surface area contributed by atoms with E-state index in [1.165, 1.54) is 0 Å². The summed E-state index contributed by atoms with van der Waals surface area (Å²) in [6.45, 7) is 15.1. The number of carbonyl (C=O) groups is 1. The molecule has 0 atom stereocenters. The van der Waals surface area contributed by atoms with E-state index in [1.807, 2.05) is 31.2 Å². The Morgan fingerprint density at radius 3 is 2.17 bits per heavy atom. The fourth-order valence-corrected chi connectivity index (χ4v) is 4.72. The van der Waals surface area contributed by atoms with E-state index in [0.29, 0.717) is 40.3 Å². The molecule has 2 N–H and O–H groups in total. The van der Waals surface area contributed by atoms with Gasteiger partial charge in [-0.25, -0.2) is 5.43 Å². The first kappa shape index (κ1) is 32.3. The highest BCUT2D eigenvalue weighted by Crippen LogP contribution is 2.40. The number of carbonyl (C=O) groups excluding carboxylic acids is 1. The van der Waals surface area contributed by atoms with Gasteiger partial charge in [-0.05, 0) is 76.8 Å². The highest BCUT2D eigenvalue weighted by atomic mass is 35.5. The quantitative estimate of drug-likeness (QED) is 0.181. The predicted molar refractivity (Wildman–Crippen MR) is 168 cm³/mol. The summed E-state index contributed by atoms with van der Waals surface area (Å²) < 4.78 is 11.7. The summed E-state index contributed by atoms with van der Waals surface area (Å²) >= 11 is 12.2. The first-order valence-corrected chi connectivity index (χ1v) is 14.5. The van der Waals surface area contributed by atoms with Crippen LogP contribution in [-0.2, 0) is 28.7 Å². The summed E-state index contributed by atoms with van der Waals surface area (Å²) in [7, 11) is 0. The van der Waals surface area contributed by atoms with Crippen molar-refractivity contribution >= 4 is 35.3 Å². The third kappa shape index (κ3) is 9.14. The second kappa shape index (κ2) is 13.6. The molecular formula is C33H40Cl2N2O4. The SMILES string of the molecule is CCOc1cc(/C=N\NC(=O)CCc2cc(C(C)(C)C)c(O)c(C(C)(C)C)c2)ccc1OCc1ccc(Cl)cc1Cl. The van der Waals surface area contributed by atoms with Gasteiger partial charge >= 0.3 is 0 Å². The monoisotopic (exact) mass is 598 g/mol. The minimum absolute atomic E-state index is 0.200. The number of phenolic OH excluding ortho intramolecular Hbond substituents is 1. The van der Waals surface area contributed by atoms with Crippen molar-refractivity contribution in [2.75, 3.05) is 6.61 Å². The molecule has 41 heavy (non-hydrogen) atoms. The molecule has 0 aromatic heterocycles. The fraction of sp³-hybridized carbons (Fsp3) is 0.394. The van der Waals surface area contributed by atoms with Crippen LogP contribution in [0.4, 0.5) is 0 Å². The summed E-state index contributed by atoms with van der Waals surface area (Å²) in [5.74, 6) is 1.26. The maximum Gasteiger partial charge on any atom is 0.240 e. The van der Waals surface area contributed by atoms with Crippen molar-refractivity contribution in [2.45, 2.75) is 78.7 Å². The number of ether oxygens (including phenoxy) is 2. The van der Waals surface area contributed by atoms with E-state index in [9.17, 15) is 9.90 Å². The maximum atomic E-state index is 12.6. The van der Waals surface area contributed by atoms with Gasteiger partial charge in [0.25, 0.3) is 0 Å². The fourth-order valence-electron chi connectivity index (χ4n) is 4.26. The summed E-state index contributed by atoms with van der Waals surface area (Å²) in [6, 6.07) is 14.7. The predicted octanol–water partition coefficient (Wildman–Crippen LogP) is 8.35. The molecule has 0 aliphatic rings. The van der Waals surface area contributed by atoms with Crippen LogP contribution < -0.4 is 14.9 Å². The lowest BCUT2D eigenvalue weighted by atomic mass is 9.78. The normalized spacial score (nSPS) is 12.0. The van der Waals surface area contributed by atoms with E-state index in [-0.39, 0.29) is 29.8 Å². The van der Waals surface area contributed by atoms with Crippen LogP contribution in [0.1, 0.15) is 82.7 Å². The number of rotatable bonds is 10. The molecule has 3 aromatic rings. The second-order valence-electron chi connectivity index (χ2n) is 12.0. The summed E-state index contributed by atoms with van der Waals surface area (Å²) in [6.07, 6.45) is 2.36. The molecule has 0 aliphatic carbocycles. The molecule has 0 bridgehead atoms. The van der Waals surface area contributed by atoms with Crippen molar-refractivity contribution in [3.8, 4) is 17.2 Å². The summed E-state index contributed by atoms with van der Waals surface area (Å²) in [5.41, 5.74) is 6.48. The van der Waals surface area contributed by atoms with Crippen LogP contribution in [0.2, 0.25) is 10.0 Å². The van der Waals surface area contributed by atoms with Crippen LogP contribution in [0.15, 0.2) is 53.6 Å². The van der Waals surface area contributed by atoms with Crippen LogP contribution in [0.5, 0.6) is 17.2 Å². The maximum absolute atomic E-state index is 12.6. The van der Waals surface area contributed by atoms with Crippen molar-refractivity contribution in [3.05, 3.63) is 86.4 Å². The van der Waals surface area contributed by atoms with Gasteiger partial charge in [-0.1, -0.05) is 82.9 Å². The van der Waals surface area contributed by atoms with Crippen LogP contribution in [0, 0.1) is 0 Å². The Labute approximate surface area is 253 Å². The van der Waals surface area contributed by atoms with E-state index in [4.69, 9.17) is 32.7 Å². The number of benzene rings is 3. The molecule has 6 nitrogen and oxygen atoms in total. The lowest BCUT2D eigenvalue weighted by Gasteiger charge is -2.28. The zero-order valence-corrected chi connectivity index (χ0v) is 26.4. The van der Waals surface area contributed by atoms with Gasteiger partial charge < -0.3 is 14.6 Å². The lowest BCUT2D eigenvalue weighted by Crippen LogP contribution is -2.20. The molecule has 8 heteroatoms. The van der Waals surface area contributed by atoms with Gasteiger partial charge in [0.2, 0.25) is 5.91 Å². The molecular weight excluding hydrogens is 559 g/mol. The van der Waals surface area contributed by atoms with Crippen molar-refractivity contribution in [2.24, 2.45) is 5.10 Å². The van der Waals surface area contributed by atoms with Crippen LogP contribution >= 0.6 is 23.2 Å². The van der Waals surface area contributed by atoms with Gasteiger partial charge in [0.15, 0.2) is 11.5 Å². The molecule has 0 heterocycles. The molecule has 0 saturated heterocycles. The van der Waals surface area contributed by atoms with Crippen LogP contribution in [0.3, 0.4) is 0 Å². The smallest absolute Gasteiger partial charge is 0.240 e. The molecule has 1 amide bonds. The molecule has 3 rings (SSSR count). The largest absolute Gasteiger partial charge is 0.507 e. The van der Waals surface area contributed by atoms with Crippen molar-refractivity contribution in [3.63, 3.8) is 0 Å². The first-order chi connectivity index (χ1) is 19.2. The van der Waals surface area contributed by atoms with E-state index < -0.39 is 0 Å². The number of aryl methyl sites for hydroxylation is 1. The minimum Gasteiger partial charge on any atom is -0.507 e. The first-order valence-electron chi connectivity index (χ1n) is 13.7. The molecule has 3 aromatic carbocycles. The zero-order valence-electron chi connectivity index (χ0n) is 24.9. The van der Waals surface area contributed by atoms with Crippen LogP contribution in [0.25, 0.3) is 0 Å². The molecule has 0 spiro atoms. The Bertz CT molecular complexity index is 1370. The van der Waals surface area contributed by atoms with Crippen molar-refractivity contribution in [1.82, 2.24) is 5.43 Å². The van der Waals surface area contributed by atoms with Crippen molar-refractivity contribution < 1.29 is 19.4 Å². The number of hydrogen-bond donors (Lipinski definition) is 2. The number of nitrogens with zero attached hydrogens (tertiary/aromatic N) is 1. The Balaban J connectivity index is 1.64. The van der Waals surface area contributed by atoms with Gasteiger partial charge in [-0.3, -0.25) is 4.79 Å². The lowest BCUT2D eigenvalue weighted by molar-refractivity contribution is -0.121. The molecule has 0 unspecified atom stereocenters. The van der Waals surface area contributed by atoms with Gasteiger partial charge in [-0.15, -0.1) is 0 Å². The third-order valence-electron chi connectivity index (χ3n) is 6.50. The topological polar surface area (TPSA) is 80.2 Å². The number of hydrazone groups is 1. The van der Waals surface area contributed by atoms with E-state index >= 15 is 0 Å². The number of halogens is 2. The standard InChI is InChI=1S/C33H40Cl2N2O4/c1-8-40-29-17-22(9-13-28(29)41-20-23-11-12-24(34)18-27(23)35)19-36-37-30(38)14-10-21-15-25(32(2,3)4)31(39)26(16-21)33(5,6)7/h9,11-13,15-19,39H,8,10,14,20H2,1-7H3,(H,37,38)/b36-19-. The Morgan fingerprint density at radius 1 is 0.927 bits per heavy atom. The number of nitrogens with one attached hydrogen (secondary N) is 1. The average Bonchev–Trinajstić information content (AvgIpc) is 2.87. The zero-order chi connectivity index (χ0) is 30.4. The molecule has 0 aliphatic heterocycles. The number of amides is 1. The van der Waals surface area contributed by atoms with Crippen molar-refractivity contribution in [1.29, 1.82) is 0 Å². The van der Waals surface area contributed by atoms with Gasteiger partial charge in [0.05, 0.1) is 12.8 Å².